The van der Waals surface area contributed by atoms with Crippen molar-refractivity contribution in [2.75, 3.05) is 13.2 Å². The highest BCUT2D eigenvalue weighted by atomic mass is 16.3. The van der Waals surface area contributed by atoms with E-state index in [9.17, 15) is 9.90 Å². The SMILES string of the molecule is O=C(Cc1[nH]nc2ccccc12)N1CCC[C@@H]1CO. The van der Waals surface area contributed by atoms with Crippen molar-refractivity contribution in [3.8, 4) is 0 Å². The number of H-pyrrole nitrogens is 1. The van der Waals surface area contributed by atoms with Crippen LogP contribution in [0.1, 0.15) is 18.5 Å². The molecule has 1 atom stereocenters. The molecule has 5 nitrogen and oxygen atoms in total. The van der Waals surface area contributed by atoms with E-state index in [0.29, 0.717) is 6.42 Å². The lowest BCUT2D eigenvalue weighted by Crippen LogP contribution is -2.38. The van der Waals surface area contributed by atoms with Gasteiger partial charge in [0.2, 0.25) is 5.91 Å². The van der Waals surface area contributed by atoms with Gasteiger partial charge in [-0.1, -0.05) is 18.2 Å². The monoisotopic (exact) mass is 259 g/mol. The minimum absolute atomic E-state index is 0.0123. The number of aliphatic hydroxyl groups is 1. The largest absolute Gasteiger partial charge is 0.394 e. The van der Waals surface area contributed by atoms with Crippen molar-refractivity contribution in [1.82, 2.24) is 15.1 Å². The third-order valence-electron chi connectivity index (χ3n) is 3.78. The van der Waals surface area contributed by atoms with E-state index < -0.39 is 0 Å². The third-order valence-corrected chi connectivity index (χ3v) is 3.78. The molecule has 1 aliphatic rings. The fourth-order valence-electron chi connectivity index (χ4n) is 2.76. The maximum Gasteiger partial charge on any atom is 0.228 e. The molecule has 1 fully saturated rings. The molecule has 0 bridgehead atoms. The number of rotatable bonds is 3. The van der Waals surface area contributed by atoms with E-state index in [0.717, 1.165) is 36.0 Å². The molecule has 5 heteroatoms. The highest BCUT2D eigenvalue weighted by Crippen LogP contribution is 2.20. The molecule has 1 aromatic carbocycles. The number of aromatic amines is 1. The van der Waals surface area contributed by atoms with E-state index >= 15 is 0 Å². The highest BCUT2D eigenvalue weighted by Gasteiger charge is 2.28. The molecule has 100 valence electrons. The van der Waals surface area contributed by atoms with Gasteiger partial charge in [0.05, 0.1) is 30.3 Å². The Hall–Kier alpha value is -1.88. The lowest BCUT2D eigenvalue weighted by Gasteiger charge is -2.22. The Balaban J connectivity index is 1.79. The zero-order valence-electron chi connectivity index (χ0n) is 10.7. The molecule has 0 aliphatic carbocycles. The number of nitrogens with one attached hydrogen (secondary N) is 1. The van der Waals surface area contributed by atoms with Gasteiger partial charge in [-0.3, -0.25) is 9.89 Å². The van der Waals surface area contributed by atoms with Crippen LogP contribution in [0.3, 0.4) is 0 Å². The lowest BCUT2D eigenvalue weighted by molar-refractivity contribution is -0.132. The van der Waals surface area contributed by atoms with Crippen LogP contribution in [0.25, 0.3) is 10.9 Å². The average molecular weight is 259 g/mol. The van der Waals surface area contributed by atoms with E-state index in [1.807, 2.05) is 24.3 Å². The molecular weight excluding hydrogens is 242 g/mol. The Labute approximate surface area is 111 Å². The predicted molar refractivity (Wildman–Crippen MR) is 71.6 cm³/mol. The van der Waals surface area contributed by atoms with Crippen LogP contribution in [-0.2, 0) is 11.2 Å². The maximum absolute atomic E-state index is 12.3. The quantitative estimate of drug-likeness (QED) is 0.867. The number of carbonyl (C=O) groups is 1. The zero-order chi connectivity index (χ0) is 13.2. The van der Waals surface area contributed by atoms with Crippen molar-refractivity contribution in [3.05, 3.63) is 30.0 Å². The van der Waals surface area contributed by atoms with Crippen LogP contribution in [-0.4, -0.2) is 45.3 Å². The van der Waals surface area contributed by atoms with E-state index in [-0.39, 0.29) is 18.6 Å². The van der Waals surface area contributed by atoms with Crippen LogP contribution in [0.5, 0.6) is 0 Å². The number of hydrogen-bond acceptors (Lipinski definition) is 3. The standard InChI is InChI=1S/C14H17N3O2/c18-9-10-4-3-7-17(10)14(19)8-13-11-5-1-2-6-12(11)15-16-13/h1-2,5-6,10,18H,3-4,7-9H2,(H,15,16)/t10-/m1/s1. The second-order valence-corrected chi connectivity index (χ2v) is 4.96. The second kappa shape index (κ2) is 5.01. The van der Waals surface area contributed by atoms with Crippen LogP contribution in [0, 0.1) is 0 Å². The van der Waals surface area contributed by atoms with Crippen molar-refractivity contribution in [1.29, 1.82) is 0 Å². The van der Waals surface area contributed by atoms with Gasteiger partial charge in [-0.25, -0.2) is 0 Å². The number of amides is 1. The highest BCUT2D eigenvalue weighted by molar-refractivity contribution is 5.87. The van der Waals surface area contributed by atoms with Crippen LogP contribution in [0.15, 0.2) is 24.3 Å². The van der Waals surface area contributed by atoms with Crippen molar-refractivity contribution < 1.29 is 9.90 Å². The first-order valence-corrected chi connectivity index (χ1v) is 6.62. The van der Waals surface area contributed by atoms with Gasteiger partial charge in [0.25, 0.3) is 0 Å². The summed E-state index contributed by atoms with van der Waals surface area (Å²) in [6.45, 7) is 0.797. The Bertz CT molecular complexity index is 593. The lowest BCUT2D eigenvalue weighted by atomic mass is 10.1. The number of aliphatic hydroxyl groups excluding tert-OH is 1. The van der Waals surface area contributed by atoms with Gasteiger partial charge in [0.15, 0.2) is 0 Å². The van der Waals surface area contributed by atoms with E-state index in [1.54, 1.807) is 4.90 Å². The third kappa shape index (κ3) is 2.21. The molecule has 2 heterocycles. The van der Waals surface area contributed by atoms with Crippen molar-refractivity contribution in [3.63, 3.8) is 0 Å². The Kier molecular flexibility index (Phi) is 3.21. The molecule has 1 aromatic heterocycles. The number of benzene rings is 1. The molecule has 19 heavy (non-hydrogen) atoms. The minimum Gasteiger partial charge on any atom is -0.394 e. The number of likely N-dealkylation sites (tertiary alicyclic amines) is 1. The Morgan fingerprint density at radius 2 is 2.32 bits per heavy atom. The fraction of sp³-hybridized carbons (Fsp3) is 0.429. The molecule has 0 saturated carbocycles. The Morgan fingerprint density at radius 3 is 3.16 bits per heavy atom. The molecule has 1 aliphatic heterocycles. The van der Waals surface area contributed by atoms with Crippen LogP contribution in [0.2, 0.25) is 0 Å². The van der Waals surface area contributed by atoms with Gasteiger partial charge in [-0.05, 0) is 18.9 Å². The van der Waals surface area contributed by atoms with E-state index in [4.69, 9.17) is 0 Å². The molecule has 2 N–H and O–H groups in total. The topological polar surface area (TPSA) is 69.2 Å². The fourth-order valence-corrected chi connectivity index (χ4v) is 2.76. The summed E-state index contributed by atoms with van der Waals surface area (Å²) in [5.74, 6) is 0.0611. The smallest absolute Gasteiger partial charge is 0.228 e. The van der Waals surface area contributed by atoms with Crippen LogP contribution < -0.4 is 0 Å². The zero-order valence-corrected chi connectivity index (χ0v) is 10.7. The number of fused-ring (bicyclic) bond motifs is 1. The molecule has 0 radical (unpaired) electrons. The molecule has 1 amide bonds. The first kappa shape index (κ1) is 12.2. The number of carbonyl (C=O) groups excluding carboxylic acids is 1. The van der Waals surface area contributed by atoms with Crippen LogP contribution in [0.4, 0.5) is 0 Å². The first-order valence-electron chi connectivity index (χ1n) is 6.62. The summed E-state index contributed by atoms with van der Waals surface area (Å²) in [7, 11) is 0. The van der Waals surface area contributed by atoms with E-state index in [2.05, 4.69) is 10.2 Å². The van der Waals surface area contributed by atoms with E-state index in [1.165, 1.54) is 0 Å². The maximum atomic E-state index is 12.3. The first-order chi connectivity index (χ1) is 9.29. The normalized spacial score (nSPS) is 19.2. The molecule has 3 rings (SSSR count). The van der Waals surface area contributed by atoms with Crippen molar-refractivity contribution >= 4 is 16.8 Å². The van der Waals surface area contributed by atoms with Gasteiger partial charge >= 0.3 is 0 Å². The number of para-hydroxylation sites is 1. The molecule has 2 aromatic rings. The summed E-state index contributed by atoms with van der Waals surface area (Å²) in [6, 6.07) is 7.75. The molecule has 0 unspecified atom stereocenters. The molecule has 1 saturated heterocycles. The van der Waals surface area contributed by atoms with Crippen LogP contribution >= 0.6 is 0 Å². The number of hydrogen-bond donors (Lipinski definition) is 2. The van der Waals surface area contributed by atoms with Gasteiger partial charge in [0, 0.05) is 11.9 Å². The van der Waals surface area contributed by atoms with Gasteiger partial charge in [-0.15, -0.1) is 0 Å². The summed E-state index contributed by atoms with van der Waals surface area (Å²) in [5, 5.41) is 17.4. The van der Waals surface area contributed by atoms with Crippen molar-refractivity contribution in [2.45, 2.75) is 25.3 Å². The van der Waals surface area contributed by atoms with Gasteiger partial charge in [0.1, 0.15) is 0 Å². The van der Waals surface area contributed by atoms with Gasteiger partial charge < -0.3 is 10.0 Å². The second-order valence-electron chi connectivity index (χ2n) is 4.96. The predicted octanol–water partition coefficient (Wildman–Crippen LogP) is 1.09. The van der Waals surface area contributed by atoms with Gasteiger partial charge in [-0.2, -0.15) is 5.10 Å². The number of nitrogens with zero attached hydrogens (tertiary/aromatic N) is 2. The Morgan fingerprint density at radius 1 is 1.47 bits per heavy atom. The summed E-state index contributed by atoms with van der Waals surface area (Å²) in [6.07, 6.45) is 2.18. The number of aromatic nitrogens is 2. The molecular formula is C14H17N3O2. The summed E-state index contributed by atoms with van der Waals surface area (Å²) >= 11 is 0. The molecule has 0 spiro atoms. The minimum atomic E-state index is -0.0123. The summed E-state index contributed by atoms with van der Waals surface area (Å²) in [4.78, 5) is 14.1. The van der Waals surface area contributed by atoms with Crippen molar-refractivity contribution in [2.24, 2.45) is 0 Å². The average Bonchev–Trinajstić information content (AvgIpc) is 3.05. The summed E-state index contributed by atoms with van der Waals surface area (Å²) < 4.78 is 0. The summed E-state index contributed by atoms with van der Waals surface area (Å²) in [5.41, 5.74) is 1.73.